The summed E-state index contributed by atoms with van der Waals surface area (Å²) >= 11 is 0. The summed E-state index contributed by atoms with van der Waals surface area (Å²) < 4.78 is 0. The number of anilines is 1. The monoisotopic (exact) mass is 452 g/mol. The molecule has 2 amide bonds. The minimum atomic E-state index is -1.21. The smallest absolute Gasteiger partial charge is 0.266 e. The predicted octanol–water partition coefficient (Wildman–Crippen LogP) is 4.42. The first-order valence-corrected chi connectivity index (χ1v) is 11.8. The lowest BCUT2D eigenvalue weighted by atomic mass is 9.83. The van der Waals surface area contributed by atoms with Crippen LogP contribution in [0.2, 0.25) is 0 Å². The third-order valence-corrected chi connectivity index (χ3v) is 6.78. The molecule has 1 fully saturated rings. The fourth-order valence-corrected chi connectivity index (χ4v) is 4.94. The van der Waals surface area contributed by atoms with Gasteiger partial charge in [0.1, 0.15) is 0 Å². The van der Waals surface area contributed by atoms with Crippen LogP contribution < -0.4 is 11.1 Å². The Labute approximate surface area is 199 Å². The van der Waals surface area contributed by atoms with Gasteiger partial charge in [-0.2, -0.15) is 0 Å². The number of amides is 2. The summed E-state index contributed by atoms with van der Waals surface area (Å²) in [5.41, 5.74) is 8.35. The summed E-state index contributed by atoms with van der Waals surface area (Å²) in [6.07, 6.45) is 4.17. The Balaban J connectivity index is 1.37. The number of aliphatic imine (C=N–C) groups is 1. The quantitative estimate of drug-likeness (QED) is 0.580. The van der Waals surface area contributed by atoms with Crippen LogP contribution in [0.5, 0.6) is 0 Å². The molecule has 3 N–H and O–H groups in total. The maximum atomic E-state index is 13.9. The fourth-order valence-electron chi connectivity index (χ4n) is 4.94. The average molecular weight is 453 g/mol. The molecule has 1 aliphatic heterocycles. The molecule has 0 aromatic heterocycles. The van der Waals surface area contributed by atoms with Gasteiger partial charge in [-0.25, -0.2) is 4.99 Å². The van der Waals surface area contributed by atoms with Gasteiger partial charge in [0.25, 0.3) is 5.91 Å². The molecule has 3 aromatic carbocycles. The van der Waals surface area contributed by atoms with Gasteiger partial charge in [-0.15, -0.1) is 0 Å². The zero-order chi connectivity index (χ0) is 23.5. The molecule has 0 bridgehead atoms. The van der Waals surface area contributed by atoms with Crippen molar-refractivity contribution in [1.29, 1.82) is 0 Å². The van der Waals surface area contributed by atoms with E-state index in [9.17, 15) is 9.59 Å². The number of carbonyl (C=O) groups is 2. The number of benzene rings is 3. The Kier molecular flexibility index (Phi) is 5.88. The molecule has 1 aliphatic carbocycles. The van der Waals surface area contributed by atoms with Crippen LogP contribution in [0.4, 0.5) is 5.69 Å². The highest BCUT2D eigenvalue weighted by Crippen LogP contribution is 2.40. The predicted molar refractivity (Wildman–Crippen MR) is 133 cm³/mol. The summed E-state index contributed by atoms with van der Waals surface area (Å²) in [6.45, 7) is 0.298. The molecule has 0 radical (unpaired) electrons. The van der Waals surface area contributed by atoms with E-state index < -0.39 is 5.54 Å². The van der Waals surface area contributed by atoms with Gasteiger partial charge in [0, 0.05) is 11.6 Å². The number of nitrogens with two attached hydrogens (primary N) is 1. The van der Waals surface area contributed by atoms with Crippen LogP contribution in [0, 0.1) is 5.92 Å². The number of carbonyl (C=O) groups excluding carboxylic acids is 2. The van der Waals surface area contributed by atoms with Gasteiger partial charge in [0.05, 0.1) is 6.54 Å². The molecule has 1 heterocycles. The van der Waals surface area contributed by atoms with Crippen molar-refractivity contribution in [2.24, 2.45) is 16.6 Å². The van der Waals surface area contributed by atoms with E-state index in [0.29, 0.717) is 6.54 Å². The van der Waals surface area contributed by atoms with Crippen molar-refractivity contribution in [3.05, 3.63) is 102 Å². The molecule has 0 spiro atoms. The summed E-state index contributed by atoms with van der Waals surface area (Å²) in [7, 11) is 0. The van der Waals surface area contributed by atoms with Crippen LogP contribution in [0.3, 0.4) is 0 Å². The highest BCUT2D eigenvalue weighted by atomic mass is 16.2. The fraction of sp³-hybridized carbons (Fsp3) is 0.250. The minimum Gasteiger partial charge on any atom is -0.369 e. The highest BCUT2D eigenvalue weighted by Gasteiger charge is 2.50. The molecular weight excluding hydrogens is 424 g/mol. The van der Waals surface area contributed by atoms with Gasteiger partial charge >= 0.3 is 0 Å². The number of hydrogen-bond acceptors (Lipinski definition) is 4. The van der Waals surface area contributed by atoms with E-state index in [1.807, 2.05) is 84.9 Å². The third-order valence-electron chi connectivity index (χ3n) is 6.78. The zero-order valence-corrected chi connectivity index (χ0v) is 19.0. The second kappa shape index (κ2) is 9.14. The van der Waals surface area contributed by atoms with Gasteiger partial charge in [0.2, 0.25) is 5.91 Å². The topological polar surface area (TPSA) is 87.8 Å². The van der Waals surface area contributed by atoms with Crippen LogP contribution in [0.25, 0.3) is 0 Å². The molecule has 0 saturated heterocycles. The van der Waals surface area contributed by atoms with Crippen molar-refractivity contribution in [1.82, 2.24) is 4.90 Å². The molecule has 0 unspecified atom stereocenters. The number of nitrogens with zero attached hydrogens (tertiary/aromatic N) is 2. The van der Waals surface area contributed by atoms with Crippen LogP contribution >= 0.6 is 0 Å². The van der Waals surface area contributed by atoms with E-state index in [0.717, 1.165) is 48.1 Å². The summed E-state index contributed by atoms with van der Waals surface area (Å²) in [5, 5.41) is 3.01. The van der Waals surface area contributed by atoms with Crippen molar-refractivity contribution < 1.29 is 9.59 Å². The van der Waals surface area contributed by atoms with Crippen molar-refractivity contribution >= 4 is 23.5 Å². The number of guanidine groups is 1. The average Bonchev–Trinajstić information content (AvgIpc) is 3.50. The summed E-state index contributed by atoms with van der Waals surface area (Å²) in [4.78, 5) is 32.6. The number of rotatable bonds is 6. The van der Waals surface area contributed by atoms with Gasteiger partial charge in [-0.1, -0.05) is 85.6 Å². The SMILES string of the molecule is NC1=NC(c2ccccc2)(c2ccccc2)C(=O)N1Cc1ccc(NC(=O)C2CCCC2)cc1. The van der Waals surface area contributed by atoms with Crippen LogP contribution in [0.15, 0.2) is 89.9 Å². The molecule has 3 aromatic rings. The lowest BCUT2D eigenvalue weighted by Crippen LogP contribution is -2.43. The first-order valence-electron chi connectivity index (χ1n) is 11.8. The Morgan fingerprint density at radius 1 is 0.912 bits per heavy atom. The largest absolute Gasteiger partial charge is 0.369 e. The van der Waals surface area contributed by atoms with Gasteiger partial charge in [-0.05, 0) is 41.7 Å². The van der Waals surface area contributed by atoms with Gasteiger partial charge in [0.15, 0.2) is 11.5 Å². The standard InChI is InChI=1S/C28H28N4O2/c29-27-31-28(22-11-3-1-4-12-22,23-13-5-2-6-14-23)26(34)32(27)19-20-15-17-24(18-16-20)30-25(33)21-9-7-8-10-21/h1-6,11-18,21H,7-10,19H2,(H2,29,31)(H,30,33). The molecule has 34 heavy (non-hydrogen) atoms. The minimum absolute atomic E-state index is 0.0897. The van der Waals surface area contributed by atoms with Crippen molar-refractivity contribution in [2.45, 2.75) is 37.8 Å². The second-order valence-corrected chi connectivity index (χ2v) is 8.97. The molecule has 6 nitrogen and oxygen atoms in total. The van der Waals surface area contributed by atoms with E-state index in [1.165, 1.54) is 4.90 Å². The van der Waals surface area contributed by atoms with Crippen molar-refractivity contribution in [3.63, 3.8) is 0 Å². The molecular formula is C28H28N4O2. The first kappa shape index (κ1) is 21.9. The van der Waals surface area contributed by atoms with E-state index in [-0.39, 0.29) is 23.7 Å². The number of nitrogens with one attached hydrogen (secondary N) is 1. The Morgan fingerprint density at radius 3 is 2.03 bits per heavy atom. The zero-order valence-electron chi connectivity index (χ0n) is 19.0. The Hall–Kier alpha value is -3.93. The van der Waals surface area contributed by atoms with E-state index in [4.69, 9.17) is 10.7 Å². The molecule has 172 valence electrons. The Bertz CT molecular complexity index is 1160. The van der Waals surface area contributed by atoms with E-state index in [2.05, 4.69) is 5.32 Å². The van der Waals surface area contributed by atoms with Crippen LogP contribution in [0.1, 0.15) is 42.4 Å². The molecule has 6 heteroatoms. The van der Waals surface area contributed by atoms with Crippen LogP contribution in [-0.2, 0) is 21.7 Å². The highest BCUT2D eigenvalue weighted by molar-refractivity contribution is 6.09. The third kappa shape index (κ3) is 3.96. The maximum absolute atomic E-state index is 13.9. The van der Waals surface area contributed by atoms with Gasteiger partial charge in [-0.3, -0.25) is 14.5 Å². The maximum Gasteiger partial charge on any atom is 0.266 e. The van der Waals surface area contributed by atoms with E-state index >= 15 is 0 Å². The number of hydrogen-bond donors (Lipinski definition) is 2. The second-order valence-electron chi connectivity index (χ2n) is 8.97. The van der Waals surface area contributed by atoms with E-state index in [1.54, 1.807) is 0 Å². The molecule has 0 atom stereocenters. The summed E-state index contributed by atoms with van der Waals surface area (Å²) in [5.74, 6) is 0.214. The van der Waals surface area contributed by atoms with Gasteiger partial charge < -0.3 is 11.1 Å². The van der Waals surface area contributed by atoms with Crippen molar-refractivity contribution in [2.75, 3.05) is 5.32 Å². The first-order chi connectivity index (χ1) is 16.6. The summed E-state index contributed by atoms with van der Waals surface area (Å²) in [6, 6.07) is 26.7. The Morgan fingerprint density at radius 2 is 1.47 bits per heavy atom. The lowest BCUT2D eigenvalue weighted by Gasteiger charge is -2.27. The molecule has 2 aliphatic rings. The van der Waals surface area contributed by atoms with Crippen LogP contribution in [-0.4, -0.2) is 22.7 Å². The normalized spacial score (nSPS) is 17.6. The molecule has 1 saturated carbocycles. The lowest BCUT2D eigenvalue weighted by molar-refractivity contribution is -0.130. The molecule has 5 rings (SSSR count). The van der Waals surface area contributed by atoms with Crippen molar-refractivity contribution in [3.8, 4) is 0 Å².